The Morgan fingerprint density at radius 3 is 2.53 bits per heavy atom. The molecule has 0 atom stereocenters. The molecule has 0 unspecified atom stereocenters. The molecule has 104 valence electrons. The maximum absolute atomic E-state index is 11.9. The molecule has 0 bridgehead atoms. The summed E-state index contributed by atoms with van der Waals surface area (Å²) in [6, 6.07) is 2.95. The molecule has 0 fully saturated rings. The predicted octanol–water partition coefficient (Wildman–Crippen LogP) is 3.12. The molecule has 1 heterocycles. The van der Waals surface area contributed by atoms with Crippen molar-refractivity contribution in [2.75, 3.05) is 11.9 Å². The molecule has 0 N–H and O–H groups in total. The first-order valence-corrected chi connectivity index (χ1v) is 6.19. The van der Waals surface area contributed by atoms with Crippen molar-refractivity contribution in [3.63, 3.8) is 0 Å². The average Bonchev–Trinajstić information content (AvgIpc) is 2.25. The Morgan fingerprint density at radius 1 is 1.47 bits per heavy atom. The molecule has 1 amide bonds. The fourth-order valence-corrected chi connectivity index (χ4v) is 1.54. The van der Waals surface area contributed by atoms with Crippen molar-refractivity contribution in [2.24, 2.45) is 0 Å². The minimum absolute atomic E-state index is 0.0717. The van der Waals surface area contributed by atoms with E-state index in [0.29, 0.717) is 4.60 Å². The van der Waals surface area contributed by atoms with Gasteiger partial charge in [0, 0.05) is 23.0 Å². The maximum atomic E-state index is 11.9. The number of pyridine rings is 1. The lowest BCUT2D eigenvalue weighted by Crippen LogP contribution is -2.34. The molecule has 0 saturated heterocycles. The van der Waals surface area contributed by atoms with Crippen LogP contribution in [-0.4, -0.2) is 28.6 Å². The lowest BCUT2D eigenvalue weighted by Gasteiger charge is -2.24. The molecule has 0 aromatic carbocycles. The third-order valence-electron chi connectivity index (χ3n) is 2.02. The van der Waals surface area contributed by atoms with Gasteiger partial charge in [-0.1, -0.05) is 0 Å². The van der Waals surface area contributed by atoms with E-state index in [9.17, 15) is 14.9 Å². The summed E-state index contributed by atoms with van der Waals surface area (Å²) >= 11 is 3.05. The monoisotopic (exact) mass is 331 g/mol. The second kappa shape index (κ2) is 5.52. The van der Waals surface area contributed by atoms with Crippen LogP contribution in [0.2, 0.25) is 0 Å². The van der Waals surface area contributed by atoms with Crippen LogP contribution in [0.15, 0.2) is 16.7 Å². The summed E-state index contributed by atoms with van der Waals surface area (Å²) in [5.41, 5.74) is -0.606. The zero-order valence-electron chi connectivity index (χ0n) is 11.0. The number of hydrogen-bond acceptors (Lipinski definition) is 5. The fourth-order valence-electron chi connectivity index (χ4n) is 1.24. The van der Waals surface area contributed by atoms with E-state index < -0.39 is 22.4 Å². The normalized spacial score (nSPS) is 11.0. The second-order valence-corrected chi connectivity index (χ2v) is 5.59. The number of anilines is 1. The minimum atomic E-state index is -0.681. The van der Waals surface area contributed by atoms with Gasteiger partial charge in [0.1, 0.15) is 11.3 Å². The summed E-state index contributed by atoms with van der Waals surface area (Å²) in [6.45, 7) is 5.15. The number of amides is 1. The summed E-state index contributed by atoms with van der Waals surface area (Å²) in [7, 11) is 1.39. The van der Waals surface area contributed by atoms with E-state index in [2.05, 4.69) is 20.9 Å². The number of aromatic nitrogens is 1. The van der Waals surface area contributed by atoms with Crippen molar-refractivity contribution in [3.8, 4) is 0 Å². The van der Waals surface area contributed by atoms with E-state index in [1.165, 1.54) is 19.2 Å². The molecule has 1 aromatic rings. The van der Waals surface area contributed by atoms with Gasteiger partial charge in [-0.3, -0.25) is 4.90 Å². The van der Waals surface area contributed by atoms with E-state index in [-0.39, 0.29) is 5.69 Å². The molecular weight excluding hydrogens is 318 g/mol. The summed E-state index contributed by atoms with van der Waals surface area (Å²) in [5.74, 6) is -0.414. The van der Waals surface area contributed by atoms with Gasteiger partial charge in [0.05, 0.1) is 0 Å². The molecule has 0 saturated carbocycles. The van der Waals surface area contributed by atoms with E-state index in [1.54, 1.807) is 20.8 Å². The van der Waals surface area contributed by atoms with Gasteiger partial charge in [-0.25, -0.2) is 4.79 Å². The van der Waals surface area contributed by atoms with E-state index in [0.717, 1.165) is 4.90 Å². The SMILES string of the molecule is CN(C(=O)OC(C)(C)C)c1ccc(Br)nc1[N+](=O)[O-]. The number of nitrogens with zero attached hydrogens (tertiary/aromatic N) is 3. The Bertz CT molecular complexity index is 513. The van der Waals surface area contributed by atoms with Gasteiger partial charge in [0.25, 0.3) is 0 Å². The van der Waals surface area contributed by atoms with Crippen molar-refractivity contribution in [1.82, 2.24) is 4.98 Å². The van der Waals surface area contributed by atoms with Crippen molar-refractivity contribution < 1.29 is 14.5 Å². The average molecular weight is 332 g/mol. The molecule has 0 aliphatic heterocycles. The van der Waals surface area contributed by atoms with Crippen LogP contribution in [0.3, 0.4) is 0 Å². The molecule has 8 heteroatoms. The van der Waals surface area contributed by atoms with E-state index in [1.807, 2.05) is 0 Å². The Labute approximate surface area is 118 Å². The smallest absolute Gasteiger partial charge is 0.414 e. The fraction of sp³-hybridized carbons (Fsp3) is 0.455. The van der Waals surface area contributed by atoms with Gasteiger partial charge in [0.2, 0.25) is 4.60 Å². The zero-order valence-corrected chi connectivity index (χ0v) is 12.6. The number of nitro groups is 1. The molecular formula is C11H14BrN3O4. The third kappa shape index (κ3) is 4.16. The van der Waals surface area contributed by atoms with Gasteiger partial charge in [-0.2, -0.15) is 0 Å². The Hall–Kier alpha value is -1.70. The number of ether oxygens (including phenoxy) is 1. The van der Waals surface area contributed by atoms with Crippen molar-refractivity contribution in [2.45, 2.75) is 26.4 Å². The number of rotatable bonds is 2. The predicted molar refractivity (Wildman–Crippen MR) is 73.2 cm³/mol. The molecule has 0 aliphatic carbocycles. The minimum Gasteiger partial charge on any atom is -0.443 e. The molecule has 19 heavy (non-hydrogen) atoms. The largest absolute Gasteiger partial charge is 0.443 e. The molecule has 0 radical (unpaired) electrons. The summed E-state index contributed by atoms with van der Waals surface area (Å²) in [5, 5.41) is 10.9. The van der Waals surface area contributed by atoms with Crippen LogP contribution < -0.4 is 4.90 Å². The van der Waals surface area contributed by atoms with Crippen molar-refractivity contribution >= 4 is 33.5 Å². The first-order valence-electron chi connectivity index (χ1n) is 5.39. The van der Waals surface area contributed by atoms with Crippen LogP contribution in [0.5, 0.6) is 0 Å². The molecule has 1 rings (SSSR count). The number of carbonyl (C=O) groups excluding carboxylic acids is 1. The lowest BCUT2D eigenvalue weighted by molar-refractivity contribution is -0.388. The summed E-state index contributed by atoms with van der Waals surface area (Å²) < 4.78 is 5.46. The third-order valence-corrected chi connectivity index (χ3v) is 2.46. The Kier molecular flexibility index (Phi) is 4.46. The van der Waals surface area contributed by atoms with Gasteiger partial charge >= 0.3 is 11.9 Å². The van der Waals surface area contributed by atoms with E-state index >= 15 is 0 Å². The maximum Gasteiger partial charge on any atom is 0.414 e. The summed E-state index contributed by atoms with van der Waals surface area (Å²) in [6.07, 6.45) is -0.681. The van der Waals surface area contributed by atoms with Gasteiger partial charge in [-0.15, -0.1) is 0 Å². The summed E-state index contributed by atoms with van der Waals surface area (Å²) in [4.78, 5) is 26.9. The highest BCUT2D eigenvalue weighted by Gasteiger charge is 2.27. The molecule has 7 nitrogen and oxygen atoms in total. The highest BCUT2D eigenvalue weighted by molar-refractivity contribution is 9.10. The lowest BCUT2D eigenvalue weighted by atomic mass is 10.2. The number of hydrogen-bond donors (Lipinski definition) is 0. The van der Waals surface area contributed by atoms with Gasteiger partial charge in [0.15, 0.2) is 0 Å². The molecule has 1 aromatic heterocycles. The molecule has 0 spiro atoms. The van der Waals surface area contributed by atoms with Crippen LogP contribution in [0.1, 0.15) is 20.8 Å². The van der Waals surface area contributed by atoms with Crippen molar-refractivity contribution in [1.29, 1.82) is 0 Å². The Morgan fingerprint density at radius 2 is 2.05 bits per heavy atom. The van der Waals surface area contributed by atoms with Crippen LogP contribution in [0.25, 0.3) is 0 Å². The number of carbonyl (C=O) groups is 1. The highest BCUT2D eigenvalue weighted by Crippen LogP contribution is 2.28. The van der Waals surface area contributed by atoms with Crippen LogP contribution in [0.4, 0.5) is 16.3 Å². The standard InChI is InChI=1S/C11H14BrN3O4/c1-11(2,3)19-10(16)14(4)7-5-6-8(12)13-9(7)15(17)18/h5-6H,1-4H3. The van der Waals surface area contributed by atoms with E-state index in [4.69, 9.17) is 4.74 Å². The van der Waals surface area contributed by atoms with Gasteiger partial charge < -0.3 is 14.9 Å². The number of halogens is 1. The zero-order chi connectivity index (χ0) is 14.8. The van der Waals surface area contributed by atoms with Gasteiger partial charge in [-0.05, 0) is 42.8 Å². The van der Waals surface area contributed by atoms with Crippen LogP contribution >= 0.6 is 15.9 Å². The first kappa shape index (κ1) is 15.4. The topological polar surface area (TPSA) is 85.6 Å². The van der Waals surface area contributed by atoms with Crippen LogP contribution in [0, 0.1) is 10.1 Å². The van der Waals surface area contributed by atoms with Crippen LogP contribution in [-0.2, 0) is 4.74 Å². The first-order chi connectivity index (χ1) is 8.61. The second-order valence-electron chi connectivity index (χ2n) is 4.77. The van der Waals surface area contributed by atoms with Crippen molar-refractivity contribution in [3.05, 3.63) is 26.9 Å². The Balaban J connectivity index is 3.09. The highest BCUT2D eigenvalue weighted by atomic mass is 79.9. The molecule has 0 aliphatic rings. The quantitative estimate of drug-likeness (QED) is 0.472.